The van der Waals surface area contributed by atoms with E-state index in [4.69, 9.17) is 0 Å². The van der Waals surface area contributed by atoms with Crippen LogP contribution in [0.5, 0.6) is 0 Å². The van der Waals surface area contributed by atoms with E-state index in [9.17, 15) is 0 Å². The molecule has 0 aliphatic heterocycles. The summed E-state index contributed by atoms with van der Waals surface area (Å²) in [6.45, 7) is 7.53. The Morgan fingerprint density at radius 2 is 2.06 bits per heavy atom. The average Bonchev–Trinajstić information content (AvgIpc) is 2.65. The molecule has 0 saturated heterocycles. The van der Waals surface area contributed by atoms with Gasteiger partial charge in [-0.25, -0.2) is 0 Å². The van der Waals surface area contributed by atoms with Crippen LogP contribution in [0.3, 0.4) is 0 Å². The predicted molar refractivity (Wildman–Crippen MR) is 88.5 cm³/mol. The van der Waals surface area contributed by atoms with Gasteiger partial charge in [0.15, 0.2) is 0 Å². The van der Waals surface area contributed by atoms with Crippen molar-refractivity contribution < 1.29 is 0 Å². The minimum atomic E-state index is 0.315. The van der Waals surface area contributed by atoms with Crippen LogP contribution in [0.2, 0.25) is 0 Å². The van der Waals surface area contributed by atoms with Crippen LogP contribution in [0, 0.1) is 17.4 Å². The first-order chi connectivity index (χ1) is 8.61. The second-order valence-electron chi connectivity index (χ2n) is 4.41. The molecule has 96 valence electrons. The summed E-state index contributed by atoms with van der Waals surface area (Å²) in [5.74, 6) is 0. The minimum absolute atomic E-state index is 0.315. The zero-order chi connectivity index (χ0) is 13.1. The fourth-order valence-corrected chi connectivity index (χ4v) is 3.77. The zero-order valence-electron chi connectivity index (χ0n) is 11.0. The van der Waals surface area contributed by atoms with E-state index in [1.165, 1.54) is 24.5 Å². The molecule has 0 aliphatic rings. The van der Waals surface area contributed by atoms with Gasteiger partial charge in [-0.1, -0.05) is 19.1 Å². The largest absolute Gasteiger partial charge is 0.306 e. The number of rotatable bonds is 4. The highest BCUT2D eigenvalue weighted by Gasteiger charge is 2.17. The van der Waals surface area contributed by atoms with Crippen molar-refractivity contribution in [2.24, 2.45) is 0 Å². The van der Waals surface area contributed by atoms with Crippen molar-refractivity contribution in [2.75, 3.05) is 6.54 Å². The molecular weight excluding hydrogens is 353 g/mol. The van der Waals surface area contributed by atoms with E-state index in [0.29, 0.717) is 6.04 Å². The van der Waals surface area contributed by atoms with E-state index >= 15 is 0 Å². The van der Waals surface area contributed by atoms with Gasteiger partial charge in [-0.15, -0.1) is 11.3 Å². The van der Waals surface area contributed by atoms with Crippen molar-refractivity contribution in [3.63, 3.8) is 0 Å². The van der Waals surface area contributed by atoms with Crippen LogP contribution in [-0.4, -0.2) is 6.54 Å². The van der Waals surface area contributed by atoms with Crippen LogP contribution < -0.4 is 5.32 Å². The van der Waals surface area contributed by atoms with Crippen LogP contribution in [0.15, 0.2) is 30.3 Å². The fourth-order valence-electron chi connectivity index (χ4n) is 2.23. The zero-order valence-corrected chi connectivity index (χ0v) is 13.9. The molecule has 1 nitrogen and oxygen atoms in total. The van der Waals surface area contributed by atoms with E-state index in [1.54, 1.807) is 0 Å². The Hall–Kier alpha value is -0.390. The van der Waals surface area contributed by atoms with Crippen molar-refractivity contribution in [1.82, 2.24) is 5.32 Å². The Balaban J connectivity index is 2.42. The molecule has 1 unspecified atom stereocenters. The van der Waals surface area contributed by atoms with Crippen molar-refractivity contribution in [2.45, 2.75) is 26.8 Å². The summed E-state index contributed by atoms with van der Waals surface area (Å²) in [5.41, 5.74) is 2.77. The first-order valence-electron chi connectivity index (χ1n) is 6.17. The van der Waals surface area contributed by atoms with E-state index in [0.717, 1.165) is 6.54 Å². The van der Waals surface area contributed by atoms with Crippen molar-refractivity contribution in [3.05, 3.63) is 54.8 Å². The topological polar surface area (TPSA) is 12.0 Å². The molecule has 0 radical (unpaired) electrons. The molecule has 0 aliphatic carbocycles. The van der Waals surface area contributed by atoms with Crippen LogP contribution >= 0.6 is 33.9 Å². The summed E-state index contributed by atoms with van der Waals surface area (Å²) in [5, 5.41) is 3.60. The maximum absolute atomic E-state index is 3.60. The molecule has 2 rings (SSSR count). The van der Waals surface area contributed by atoms with Gasteiger partial charge in [0.05, 0.1) is 6.04 Å². The third kappa shape index (κ3) is 3.13. The van der Waals surface area contributed by atoms with Crippen LogP contribution in [-0.2, 0) is 0 Å². The Kier molecular flexibility index (Phi) is 4.81. The predicted octanol–water partition coefficient (Wildman–Crippen LogP) is 4.67. The summed E-state index contributed by atoms with van der Waals surface area (Å²) in [6.07, 6.45) is 0. The Morgan fingerprint density at radius 1 is 1.28 bits per heavy atom. The van der Waals surface area contributed by atoms with Gasteiger partial charge in [0.2, 0.25) is 0 Å². The van der Waals surface area contributed by atoms with Gasteiger partial charge in [-0.3, -0.25) is 0 Å². The maximum Gasteiger partial charge on any atom is 0.0587 e. The maximum atomic E-state index is 3.60. The molecular formula is C15H18INS. The first-order valence-corrected chi connectivity index (χ1v) is 8.07. The molecule has 0 amide bonds. The highest BCUT2D eigenvalue weighted by atomic mass is 127. The molecule has 0 bridgehead atoms. The second kappa shape index (κ2) is 6.17. The third-order valence-corrected chi connectivity index (χ3v) is 4.63. The van der Waals surface area contributed by atoms with Gasteiger partial charge in [-0.05, 0) is 72.3 Å². The highest BCUT2D eigenvalue weighted by molar-refractivity contribution is 14.1. The molecule has 0 spiro atoms. The van der Waals surface area contributed by atoms with Gasteiger partial charge in [-0.2, -0.15) is 0 Å². The fraction of sp³-hybridized carbons (Fsp3) is 0.333. The van der Waals surface area contributed by atoms with Gasteiger partial charge in [0.1, 0.15) is 0 Å². The van der Waals surface area contributed by atoms with E-state index in [-0.39, 0.29) is 0 Å². The molecule has 1 atom stereocenters. The van der Waals surface area contributed by atoms with E-state index < -0.39 is 0 Å². The molecule has 1 heterocycles. The van der Waals surface area contributed by atoms with Gasteiger partial charge in [0, 0.05) is 13.3 Å². The summed E-state index contributed by atoms with van der Waals surface area (Å²) >= 11 is 4.26. The molecule has 2 aromatic rings. The monoisotopic (exact) mass is 371 g/mol. The van der Waals surface area contributed by atoms with Crippen LogP contribution in [0.1, 0.15) is 33.8 Å². The number of aryl methyl sites for hydroxylation is 2. The molecule has 0 saturated carbocycles. The van der Waals surface area contributed by atoms with Crippen molar-refractivity contribution in [1.29, 1.82) is 0 Å². The first kappa shape index (κ1) is 14.0. The minimum Gasteiger partial charge on any atom is -0.306 e. The van der Waals surface area contributed by atoms with Crippen LogP contribution in [0.25, 0.3) is 0 Å². The summed E-state index contributed by atoms with van der Waals surface area (Å²) in [6, 6.07) is 11.4. The van der Waals surface area contributed by atoms with E-state index in [1.807, 2.05) is 11.3 Å². The summed E-state index contributed by atoms with van der Waals surface area (Å²) in [4.78, 5) is 2.80. The van der Waals surface area contributed by atoms with E-state index in [2.05, 4.69) is 79.0 Å². The third-order valence-electron chi connectivity index (χ3n) is 2.98. The Labute approximate surface area is 127 Å². The summed E-state index contributed by atoms with van der Waals surface area (Å²) < 4.78 is 1.29. The smallest absolute Gasteiger partial charge is 0.0587 e. The normalized spacial score (nSPS) is 12.7. The quantitative estimate of drug-likeness (QED) is 0.771. The number of thiophene rings is 1. The number of halogens is 1. The van der Waals surface area contributed by atoms with Gasteiger partial charge >= 0.3 is 0 Å². The average molecular weight is 371 g/mol. The standard InChI is InChI=1S/C15H18INS/c1-4-17-15(12-6-5-7-13(16)9-12)14-8-10(2)18-11(14)3/h5-9,15,17H,4H2,1-3H3. The number of benzene rings is 1. The van der Waals surface area contributed by atoms with Crippen molar-refractivity contribution in [3.8, 4) is 0 Å². The number of hydrogen-bond acceptors (Lipinski definition) is 2. The van der Waals surface area contributed by atoms with Crippen molar-refractivity contribution >= 4 is 33.9 Å². The number of hydrogen-bond donors (Lipinski definition) is 1. The SMILES string of the molecule is CCNC(c1cccc(I)c1)c1cc(C)sc1C. The Bertz CT molecular complexity index is 533. The molecule has 1 N–H and O–H groups in total. The molecule has 0 fully saturated rings. The molecule has 1 aromatic heterocycles. The number of nitrogens with one attached hydrogen (secondary N) is 1. The van der Waals surface area contributed by atoms with Crippen LogP contribution in [0.4, 0.5) is 0 Å². The second-order valence-corrected chi connectivity index (χ2v) is 7.12. The lowest BCUT2D eigenvalue weighted by Gasteiger charge is -2.19. The highest BCUT2D eigenvalue weighted by Crippen LogP contribution is 2.31. The molecule has 3 heteroatoms. The Morgan fingerprint density at radius 3 is 2.61 bits per heavy atom. The summed E-state index contributed by atoms with van der Waals surface area (Å²) in [7, 11) is 0. The lowest BCUT2D eigenvalue weighted by atomic mass is 9.99. The van der Waals surface area contributed by atoms with Gasteiger partial charge < -0.3 is 5.32 Å². The lowest BCUT2D eigenvalue weighted by Crippen LogP contribution is -2.22. The molecule has 18 heavy (non-hydrogen) atoms. The molecule has 1 aromatic carbocycles. The lowest BCUT2D eigenvalue weighted by molar-refractivity contribution is 0.629. The van der Waals surface area contributed by atoms with Gasteiger partial charge in [0.25, 0.3) is 0 Å².